The van der Waals surface area contributed by atoms with E-state index in [1.165, 1.54) is 31.6 Å². The van der Waals surface area contributed by atoms with Crippen molar-refractivity contribution >= 4 is 37.0 Å². The zero-order valence-corrected chi connectivity index (χ0v) is 24.6. The van der Waals surface area contributed by atoms with Crippen LogP contribution in [0.4, 0.5) is 0 Å². The molecule has 0 aliphatic heterocycles. The van der Waals surface area contributed by atoms with E-state index in [4.69, 9.17) is 19.2 Å². The van der Waals surface area contributed by atoms with E-state index in [-0.39, 0.29) is 206 Å². The second-order valence-electron chi connectivity index (χ2n) is 1.20. The average molecular weight is 313 g/mol. The molecule has 0 saturated heterocycles. The van der Waals surface area contributed by atoms with E-state index in [9.17, 15) is 0 Å². The molecule has 50 valence electrons. The minimum Gasteiger partial charge on any atom is -0.894 e. The van der Waals surface area contributed by atoms with Gasteiger partial charge in [0.05, 0.1) is 0 Å². The first-order valence-corrected chi connectivity index (χ1v) is 5.39. The Morgan fingerprint density at radius 3 is 1.08 bits per heavy atom. The normalized spacial score (nSPS) is 6.62. The van der Waals surface area contributed by atoms with Gasteiger partial charge >= 0.3 is 250 Å². The fourth-order valence-electron chi connectivity index (χ4n) is 0. The van der Waals surface area contributed by atoms with Crippen molar-refractivity contribution in [1.29, 1.82) is 0 Å². The van der Waals surface area contributed by atoms with Crippen LogP contribution in [-0.2, 0) is 0 Å². The number of hydrogen-bond acceptors (Lipinski definition) is 4. The van der Waals surface area contributed by atoms with Gasteiger partial charge in [0.2, 0.25) is 0 Å². The van der Waals surface area contributed by atoms with Crippen LogP contribution >= 0.6 is 0 Å². The molecular formula is C3H5K4NaO4Si. The minimum absolute atomic E-state index is 0. The van der Waals surface area contributed by atoms with Gasteiger partial charge in [0.25, 0.3) is 0 Å². The van der Waals surface area contributed by atoms with Crippen LogP contribution in [0.2, 0.25) is 3.67 Å². The predicted molar refractivity (Wildman–Crippen MR) is 26.5 cm³/mol. The Bertz CT molecular complexity index is 76.3. The van der Waals surface area contributed by atoms with Gasteiger partial charge in [0.1, 0.15) is 0 Å². The van der Waals surface area contributed by atoms with Gasteiger partial charge in [0.15, 0.2) is 0 Å². The zero-order chi connectivity index (χ0) is 7.91. The van der Waals surface area contributed by atoms with Crippen molar-refractivity contribution < 1.29 is 225 Å². The summed E-state index contributed by atoms with van der Waals surface area (Å²) in [5, 5.41) is 0. The summed E-state index contributed by atoms with van der Waals surface area (Å²) in [5.41, 5.74) is 0. The molecule has 0 N–H and O–H groups in total. The molecule has 0 amide bonds. The molecule has 0 aliphatic carbocycles. The zero-order valence-electron chi connectivity index (χ0n) is 9.12. The molecule has 0 saturated carbocycles. The summed E-state index contributed by atoms with van der Waals surface area (Å²) >= 11 is 1.27. The van der Waals surface area contributed by atoms with Gasteiger partial charge in [-0.05, 0) is 0 Å². The van der Waals surface area contributed by atoms with Crippen molar-refractivity contribution in [3.63, 3.8) is 0 Å². The number of rotatable bonds is 1. The van der Waals surface area contributed by atoms with Crippen molar-refractivity contribution in [1.82, 2.24) is 0 Å². The minimum atomic E-state index is -5.61. The van der Waals surface area contributed by atoms with E-state index in [1.807, 2.05) is 6.08 Å². The first-order chi connectivity index (χ1) is 3.91. The van der Waals surface area contributed by atoms with Crippen molar-refractivity contribution in [2.24, 2.45) is 0 Å². The molecule has 13 heavy (non-hydrogen) atoms. The first kappa shape index (κ1) is 37.0. The Labute approximate surface area is 268 Å². The third-order valence-electron chi connectivity index (χ3n) is 0.289. The third-order valence-corrected chi connectivity index (χ3v) is 0.866. The van der Waals surface area contributed by atoms with Crippen LogP contribution in [0.5, 0.6) is 0 Å². The van der Waals surface area contributed by atoms with Gasteiger partial charge in [-0.3, -0.25) is 0 Å². The molecule has 0 aliphatic rings. The molecular weight excluding hydrogens is 307 g/mol. The van der Waals surface area contributed by atoms with Gasteiger partial charge in [-0.25, -0.2) is 0 Å². The largest absolute Gasteiger partial charge is 1.00 e. The van der Waals surface area contributed by atoms with Gasteiger partial charge in [-0.1, -0.05) is 0 Å². The van der Waals surface area contributed by atoms with E-state index >= 15 is 0 Å². The molecule has 0 bridgehead atoms. The summed E-state index contributed by atoms with van der Waals surface area (Å²) < 4.78 is 1.22. The molecule has 0 spiro atoms. The quantitative estimate of drug-likeness (QED) is 0.355. The maximum absolute atomic E-state index is 8.58. The molecule has 0 rings (SSSR count). The second-order valence-corrected chi connectivity index (χ2v) is 3.01. The maximum atomic E-state index is 8.58. The Morgan fingerprint density at radius 1 is 1.00 bits per heavy atom. The van der Waals surface area contributed by atoms with E-state index in [0.29, 0.717) is 0 Å². The Balaban J connectivity index is -0.0000000146. The van der Waals surface area contributed by atoms with Crippen LogP contribution in [0.1, 0.15) is 0 Å². The van der Waals surface area contributed by atoms with Crippen LogP contribution in [0.15, 0.2) is 12.7 Å². The fraction of sp³-hybridized carbons (Fsp3) is 0.333. The fourth-order valence-corrected chi connectivity index (χ4v) is 0. The summed E-state index contributed by atoms with van der Waals surface area (Å²) in [6, 6.07) is 0. The van der Waals surface area contributed by atoms with Gasteiger partial charge in [-0.2, -0.15) is 0 Å². The summed E-state index contributed by atoms with van der Waals surface area (Å²) in [6.07, 6.45) is 1.94. The van der Waals surface area contributed by atoms with Crippen LogP contribution in [0, 0.1) is 0 Å². The Kier molecular flexibility index (Phi) is 78.7. The van der Waals surface area contributed by atoms with E-state index < -0.39 is 9.05 Å². The number of hydrogen-bond donors (Lipinski definition) is 0. The standard InChI is InChI=1S/C3H5.4K.Na.O4Si/c1-3-2;;;;;;1-5(2,3)4/h3H,1-2H2;;;;;;/q;4*+1;;-4. The molecule has 4 nitrogen and oxygen atoms in total. The van der Waals surface area contributed by atoms with Gasteiger partial charge in [0, 0.05) is 0 Å². The van der Waals surface area contributed by atoms with Crippen molar-refractivity contribution in [2.75, 3.05) is 0 Å². The van der Waals surface area contributed by atoms with Crippen molar-refractivity contribution in [3.8, 4) is 0 Å². The molecule has 0 heterocycles. The summed E-state index contributed by atoms with van der Waals surface area (Å²) in [5.74, 6) is 0. The summed E-state index contributed by atoms with van der Waals surface area (Å²) in [6.45, 7) is 3.51. The summed E-state index contributed by atoms with van der Waals surface area (Å²) in [4.78, 5) is 34.3. The smallest absolute Gasteiger partial charge is 0.894 e. The molecule has 0 unspecified atom stereocenters. The molecule has 0 radical (unpaired) electrons. The second kappa shape index (κ2) is 27.6. The number of allylic oxidation sites excluding steroid dienone is 1. The molecule has 0 fully saturated rings. The van der Waals surface area contributed by atoms with Gasteiger partial charge in [-0.15, -0.1) is 0 Å². The molecule has 0 aromatic rings. The monoisotopic (exact) mass is 312 g/mol. The molecule has 0 atom stereocenters. The predicted octanol–water partition coefficient (Wildman–Crippen LogP) is -16.4. The van der Waals surface area contributed by atoms with Crippen LogP contribution in [-0.4, -0.2) is 37.0 Å². The van der Waals surface area contributed by atoms with Crippen LogP contribution < -0.4 is 225 Å². The summed E-state index contributed by atoms with van der Waals surface area (Å²) in [7, 11) is -5.61. The first-order valence-electron chi connectivity index (χ1n) is 2.34. The van der Waals surface area contributed by atoms with Crippen molar-refractivity contribution in [3.05, 3.63) is 12.7 Å². The Hall–Kier alpha value is 7.34. The molecule has 0 aromatic heterocycles. The SMILES string of the molecule is C=C[CH2][Na].[K+].[K+].[K+].[K+].[O-][Si]([O-])([O-])[O-]. The van der Waals surface area contributed by atoms with E-state index in [1.54, 1.807) is 0 Å². The molecule has 0 aromatic carbocycles. The van der Waals surface area contributed by atoms with Crippen molar-refractivity contribution in [2.45, 2.75) is 3.67 Å². The van der Waals surface area contributed by atoms with Crippen LogP contribution in [0.25, 0.3) is 0 Å². The third kappa shape index (κ3) is 83.6. The maximum Gasteiger partial charge on any atom is 1.00 e. The Morgan fingerprint density at radius 2 is 1.08 bits per heavy atom. The topological polar surface area (TPSA) is 92.2 Å². The molecule has 10 heteroatoms. The van der Waals surface area contributed by atoms with Gasteiger partial charge < -0.3 is 28.2 Å². The van der Waals surface area contributed by atoms with E-state index in [2.05, 4.69) is 6.58 Å². The average Bonchev–Trinajstić information content (AvgIpc) is 1.61. The van der Waals surface area contributed by atoms with Crippen LogP contribution in [0.3, 0.4) is 0 Å². The van der Waals surface area contributed by atoms with E-state index in [0.717, 1.165) is 0 Å².